The van der Waals surface area contributed by atoms with Gasteiger partial charge in [0.15, 0.2) is 11.5 Å². The molecule has 0 radical (unpaired) electrons. The number of imidazole rings is 1. The fourth-order valence-electron chi connectivity index (χ4n) is 5.07. The van der Waals surface area contributed by atoms with E-state index in [0.717, 1.165) is 33.7 Å². The number of hydrogen-bond donors (Lipinski definition) is 1. The summed E-state index contributed by atoms with van der Waals surface area (Å²) < 4.78 is 12.9. The van der Waals surface area contributed by atoms with E-state index in [9.17, 15) is 4.79 Å². The third-order valence-corrected chi connectivity index (χ3v) is 7.24. The Kier molecular flexibility index (Phi) is 8.15. The van der Waals surface area contributed by atoms with Gasteiger partial charge in [0.25, 0.3) is 0 Å². The molecular formula is C34H35N3O3. The topological polar surface area (TPSA) is 64.9 Å². The highest BCUT2D eigenvalue weighted by molar-refractivity contribution is 5.77. The number of nitrogens with zero attached hydrogens (tertiary/aromatic N) is 2. The molecule has 3 aromatic carbocycles. The summed E-state index contributed by atoms with van der Waals surface area (Å²) in [5.41, 5.74) is 9.72. The summed E-state index contributed by atoms with van der Waals surface area (Å²) >= 11 is 0. The lowest BCUT2D eigenvalue weighted by atomic mass is 10.00. The van der Waals surface area contributed by atoms with Gasteiger partial charge in [-0.1, -0.05) is 60.2 Å². The molecule has 2 aromatic heterocycles. The van der Waals surface area contributed by atoms with Gasteiger partial charge >= 0.3 is 0 Å². The van der Waals surface area contributed by atoms with Crippen molar-refractivity contribution in [2.24, 2.45) is 0 Å². The number of aryl methyl sites for hydroxylation is 3. The number of fused-ring (bicyclic) bond motifs is 1. The molecule has 40 heavy (non-hydrogen) atoms. The van der Waals surface area contributed by atoms with Crippen LogP contribution in [0.5, 0.6) is 11.5 Å². The first-order chi connectivity index (χ1) is 19.5. The first-order valence-electron chi connectivity index (χ1n) is 13.6. The van der Waals surface area contributed by atoms with Crippen molar-refractivity contribution >= 4 is 11.6 Å². The van der Waals surface area contributed by atoms with Gasteiger partial charge in [0.1, 0.15) is 5.65 Å². The average molecular weight is 534 g/mol. The number of methoxy groups -OCH3 is 2. The van der Waals surface area contributed by atoms with Gasteiger partial charge in [-0.25, -0.2) is 4.98 Å². The predicted molar refractivity (Wildman–Crippen MR) is 160 cm³/mol. The van der Waals surface area contributed by atoms with Gasteiger partial charge in [0.2, 0.25) is 5.91 Å². The van der Waals surface area contributed by atoms with Crippen molar-refractivity contribution in [3.8, 4) is 33.9 Å². The van der Waals surface area contributed by atoms with E-state index in [2.05, 4.69) is 72.2 Å². The molecule has 5 rings (SSSR count). The number of nitrogens with one attached hydrogen (secondary N) is 1. The largest absolute Gasteiger partial charge is 0.493 e. The van der Waals surface area contributed by atoms with Crippen LogP contribution in [0.3, 0.4) is 0 Å². The number of ether oxygens (including phenoxy) is 2. The highest BCUT2D eigenvalue weighted by Crippen LogP contribution is 2.30. The van der Waals surface area contributed by atoms with Crippen molar-refractivity contribution in [1.29, 1.82) is 0 Å². The standard InChI is InChI=1S/C34H35N3O3/c1-23-10-11-24(2)28(20-23)27-13-16-32-36-34(26-8-6-5-7-9-26)29(37(32)22-27)14-17-33(38)35-19-18-25-12-15-30(39-3)31(21-25)40-4/h5-13,15-16,20-22H,14,17-19H2,1-4H3,(H,35,38). The van der Waals surface area contributed by atoms with Crippen LogP contribution >= 0.6 is 0 Å². The van der Waals surface area contributed by atoms with Gasteiger partial charge in [0.05, 0.1) is 25.6 Å². The van der Waals surface area contributed by atoms with Gasteiger partial charge < -0.3 is 19.2 Å². The maximum atomic E-state index is 12.9. The molecule has 0 aliphatic heterocycles. The summed E-state index contributed by atoms with van der Waals surface area (Å²) in [4.78, 5) is 17.9. The van der Waals surface area contributed by atoms with E-state index in [1.165, 1.54) is 16.7 Å². The van der Waals surface area contributed by atoms with Gasteiger partial charge in [-0.3, -0.25) is 4.79 Å². The van der Waals surface area contributed by atoms with Crippen molar-refractivity contribution in [2.75, 3.05) is 20.8 Å². The molecule has 0 aliphatic rings. The van der Waals surface area contributed by atoms with Crippen molar-refractivity contribution in [2.45, 2.75) is 33.1 Å². The van der Waals surface area contributed by atoms with Crippen LogP contribution in [-0.4, -0.2) is 36.1 Å². The molecule has 1 amide bonds. The fourth-order valence-corrected chi connectivity index (χ4v) is 5.07. The highest BCUT2D eigenvalue weighted by Gasteiger charge is 2.17. The zero-order valence-electron chi connectivity index (χ0n) is 23.5. The summed E-state index contributed by atoms with van der Waals surface area (Å²) in [6, 6.07) is 26.7. The van der Waals surface area contributed by atoms with Gasteiger partial charge in [-0.15, -0.1) is 0 Å². The van der Waals surface area contributed by atoms with E-state index in [0.29, 0.717) is 37.3 Å². The Balaban J connectivity index is 1.36. The molecule has 1 N–H and O–H groups in total. The number of hydrogen-bond acceptors (Lipinski definition) is 4. The first-order valence-corrected chi connectivity index (χ1v) is 13.6. The van der Waals surface area contributed by atoms with E-state index in [-0.39, 0.29) is 5.91 Å². The number of carbonyl (C=O) groups excluding carboxylic acids is 1. The Morgan fingerprint density at radius 3 is 2.42 bits per heavy atom. The molecule has 0 fully saturated rings. The second kappa shape index (κ2) is 12.1. The van der Waals surface area contributed by atoms with E-state index < -0.39 is 0 Å². The monoisotopic (exact) mass is 533 g/mol. The van der Waals surface area contributed by atoms with Crippen LogP contribution in [-0.2, 0) is 17.6 Å². The van der Waals surface area contributed by atoms with Crippen molar-refractivity contribution in [3.63, 3.8) is 0 Å². The number of carbonyl (C=O) groups is 1. The van der Waals surface area contributed by atoms with Gasteiger partial charge in [0, 0.05) is 24.7 Å². The van der Waals surface area contributed by atoms with Crippen LogP contribution < -0.4 is 14.8 Å². The SMILES string of the molecule is COc1ccc(CCNC(=O)CCc2c(-c3ccccc3)nc3ccc(-c4cc(C)ccc4C)cn23)cc1OC. The summed E-state index contributed by atoms with van der Waals surface area (Å²) in [7, 11) is 3.24. The minimum absolute atomic E-state index is 0.0140. The summed E-state index contributed by atoms with van der Waals surface area (Å²) in [6.45, 7) is 4.79. The zero-order chi connectivity index (χ0) is 28.1. The minimum atomic E-state index is 0.0140. The molecule has 0 saturated heterocycles. The number of benzene rings is 3. The quantitative estimate of drug-likeness (QED) is 0.220. The molecule has 6 heteroatoms. The minimum Gasteiger partial charge on any atom is -0.493 e. The molecule has 6 nitrogen and oxygen atoms in total. The predicted octanol–water partition coefficient (Wildman–Crippen LogP) is 6.59. The molecule has 0 unspecified atom stereocenters. The maximum absolute atomic E-state index is 12.9. The lowest BCUT2D eigenvalue weighted by Gasteiger charge is -2.11. The number of rotatable bonds is 10. The molecular weight excluding hydrogens is 498 g/mol. The van der Waals surface area contributed by atoms with Gasteiger partial charge in [-0.05, 0) is 73.2 Å². The van der Waals surface area contributed by atoms with E-state index >= 15 is 0 Å². The van der Waals surface area contributed by atoms with E-state index in [1.807, 2.05) is 36.4 Å². The molecule has 0 aliphatic carbocycles. The summed E-state index contributed by atoms with van der Waals surface area (Å²) in [5.74, 6) is 1.39. The number of amides is 1. The summed E-state index contributed by atoms with van der Waals surface area (Å²) in [5, 5.41) is 3.08. The third kappa shape index (κ3) is 5.86. The zero-order valence-corrected chi connectivity index (χ0v) is 23.5. The molecule has 0 saturated carbocycles. The first kappa shape index (κ1) is 27.0. The van der Waals surface area contributed by atoms with Crippen molar-refractivity contribution < 1.29 is 14.3 Å². The molecule has 2 heterocycles. The summed E-state index contributed by atoms with van der Waals surface area (Å²) in [6.07, 6.45) is 3.80. The Labute approximate surface area is 235 Å². The van der Waals surface area contributed by atoms with Gasteiger partial charge in [-0.2, -0.15) is 0 Å². The smallest absolute Gasteiger partial charge is 0.220 e. The van der Waals surface area contributed by atoms with Crippen LogP contribution in [0.2, 0.25) is 0 Å². The van der Waals surface area contributed by atoms with Crippen LogP contribution in [0, 0.1) is 13.8 Å². The molecule has 0 bridgehead atoms. The van der Waals surface area contributed by atoms with E-state index in [4.69, 9.17) is 14.5 Å². The van der Waals surface area contributed by atoms with Crippen molar-refractivity contribution in [3.05, 3.63) is 107 Å². The maximum Gasteiger partial charge on any atom is 0.220 e. The number of aromatic nitrogens is 2. The van der Waals surface area contributed by atoms with Crippen LogP contribution in [0.4, 0.5) is 0 Å². The Morgan fingerprint density at radius 2 is 1.65 bits per heavy atom. The van der Waals surface area contributed by atoms with Crippen LogP contribution in [0.25, 0.3) is 28.0 Å². The lowest BCUT2D eigenvalue weighted by molar-refractivity contribution is -0.121. The average Bonchev–Trinajstić information content (AvgIpc) is 3.35. The Morgan fingerprint density at radius 1 is 0.850 bits per heavy atom. The molecule has 5 aromatic rings. The van der Waals surface area contributed by atoms with Crippen LogP contribution in [0.15, 0.2) is 85.1 Å². The molecule has 0 atom stereocenters. The second-order valence-electron chi connectivity index (χ2n) is 10.0. The van der Waals surface area contributed by atoms with Crippen LogP contribution in [0.1, 0.15) is 28.8 Å². The second-order valence-corrected chi connectivity index (χ2v) is 10.0. The van der Waals surface area contributed by atoms with E-state index in [1.54, 1.807) is 14.2 Å². The fraction of sp³-hybridized carbons (Fsp3) is 0.235. The van der Waals surface area contributed by atoms with Crippen molar-refractivity contribution in [1.82, 2.24) is 14.7 Å². The Bertz CT molecular complexity index is 1640. The lowest BCUT2D eigenvalue weighted by Crippen LogP contribution is -2.26. The molecule has 0 spiro atoms. The highest BCUT2D eigenvalue weighted by atomic mass is 16.5. The normalized spacial score (nSPS) is 11.0. The number of pyridine rings is 1. The third-order valence-electron chi connectivity index (χ3n) is 7.24. The Hall–Kier alpha value is -4.58. The molecule has 204 valence electrons.